The van der Waals surface area contributed by atoms with Crippen molar-refractivity contribution in [3.05, 3.63) is 65.7 Å². The molecule has 0 spiro atoms. The van der Waals surface area contributed by atoms with Gasteiger partial charge in [-0.2, -0.15) is 5.10 Å². The SMILES string of the molecule is Cc1c(C(=O)N/N=C\c2ccncc2)oc2ccccc12. The molecular weight excluding hydrogens is 266 g/mol. The molecule has 0 aliphatic rings. The normalized spacial score (nSPS) is 11.1. The smallest absolute Gasteiger partial charge is 0.307 e. The number of carbonyl (C=O) groups is 1. The molecule has 1 amide bonds. The maximum atomic E-state index is 12.1. The topological polar surface area (TPSA) is 67.5 Å². The molecule has 1 aromatic carbocycles. The second-order valence-electron chi connectivity index (χ2n) is 4.53. The van der Waals surface area contributed by atoms with Crippen LogP contribution in [-0.2, 0) is 0 Å². The Kier molecular flexibility index (Phi) is 3.47. The quantitative estimate of drug-likeness (QED) is 0.592. The van der Waals surface area contributed by atoms with E-state index in [9.17, 15) is 4.79 Å². The van der Waals surface area contributed by atoms with E-state index in [2.05, 4.69) is 15.5 Å². The second-order valence-corrected chi connectivity index (χ2v) is 4.53. The van der Waals surface area contributed by atoms with Crippen molar-refractivity contribution >= 4 is 23.1 Å². The van der Waals surface area contributed by atoms with E-state index in [1.54, 1.807) is 30.7 Å². The van der Waals surface area contributed by atoms with E-state index in [0.717, 1.165) is 16.5 Å². The Labute approximate surface area is 121 Å². The Hall–Kier alpha value is -2.95. The Balaban J connectivity index is 1.78. The summed E-state index contributed by atoms with van der Waals surface area (Å²) in [5, 5.41) is 4.85. The number of hydrogen-bond donors (Lipinski definition) is 1. The molecule has 1 N–H and O–H groups in total. The second kappa shape index (κ2) is 5.58. The largest absolute Gasteiger partial charge is 0.451 e. The Morgan fingerprint density at radius 2 is 2.00 bits per heavy atom. The molecule has 0 saturated carbocycles. The van der Waals surface area contributed by atoms with Crippen molar-refractivity contribution in [3.8, 4) is 0 Å². The lowest BCUT2D eigenvalue weighted by molar-refractivity contribution is 0.0929. The summed E-state index contributed by atoms with van der Waals surface area (Å²) < 4.78 is 5.57. The van der Waals surface area contributed by atoms with Crippen LogP contribution in [0.3, 0.4) is 0 Å². The number of pyridine rings is 1. The monoisotopic (exact) mass is 279 g/mol. The number of aromatic nitrogens is 1. The molecule has 0 aliphatic heterocycles. The summed E-state index contributed by atoms with van der Waals surface area (Å²) >= 11 is 0. The minimum absolute atomic E-state index is 0.281. The molecule has 0 bridgehead atoms. The molecule has 21 heavy (non-hydrogen) atoms. The third kappa shape index (κ3) is 2.67. The molecule has 2 heterocycles. The molecule has 104 valence electrons. The van der Waals surface area contributed by atoms with Gasteiger partial charge < -0.3 is 4.42 Å². The minimum Gasteiger partial charge on any atom is -0.451 e. The fourth-order valence-electron chi connectivity index (χ4n) is 2.06. The fraction of sp³-hybridized carbons (Fsp3) is 0.0625. The van der Waals surface area contributed by atoms with Gasteiger partial charge in [0.2, 0.25) is 0 Å². The summed E-state index contributed by atoms with van der Waals surface area (Å²) in [6.07, 6.45) is 4.87. The van der Waals surface area contributed by atoms with E-state index in [1.165, 1.54) is 0 Å². The molecule has 5 nitrogen and oxygen atoms in total. The first kappa shape index (κ1) is 13.1. The highest BCUT2D eigenvalue weighted by Gasteiger charge is 2.16. The lowest BCUT2D eigenvalue weighted by atomic mass is 10.1. The third-order valence-corrected chi connectivity index (χ3v) is 3.14. The van der Waals surface area contributed by atoms with Gasteiger partial charge in [0.15, 0.2) is 5.76 Å². The predicted molar refractivity (Wildman–Crippen MR) is 80.2 cm³/mol. The minimum atomic E-state index is -0.367. The van der Waals surface area contributed by atoms with Crippen molar-refractivity contribution < 1.29 is 9.21 Å². The van der Waals surface area contributed by atoms with Crippen LogP contribution in [0, 0.1) is 6.92 Å². The number of amides is 1. The maximum Gasteiger partial charge on any atom is 0.307 e. The van der Waals surface area contributed by atoms with Crippen molar-refractivity contribution in [3.63, 3.8) is 0 Å². The standard InChI is InChI=1S/C16H13N3O2/c1-11-13-4-2-3-5-14(13)21-15(11)16(20)19-18-10-12-6-8-17-9-7-12/h2-10H,1H3,(H,19,20)/b18-10-. The third-order valence-electron chi connectivity index (χ3n) is 3.14. The van der Waals surface area contributed by atoms with Gasteiger partial charge in [-0.1, -0.05) is 18.2 Å². The zero-order chi connectivity index (χ0) is 14.7. The molecule has 5 heteroatoms. The molecule has 3 aromatic rings. The number of fused-ring (bicyclic) bond motifs is 1. The number of hydrogen-bond acceptors (Lipinski definition) is 4. The Morgan fingerprint density at radius 3 is 2.76 bits per heavy atom. The molecule has 0 unspecified atom stereocenters. The molecule has 0 radical (unpaired) electrons. The van der Waals surface area contributed by atoms with Crippen LogP contribution < -0.4 is 5.43 Å². The fourth-order valence-corrected chi connectivity index (χ4v) is 2.06. The molecule has 0 aliphatic carbocycles. The first-order valence-electron chi connectivity index (χ1n) is 6.47. The molecule has 2 aromatic heterocycles. The van der Waals surface area contributed by atoms with Crippen LogP contribution >= 0.6 is 0 Å². The Bertz CT molecular complexity index is 807. The number of nitrogens with one attached hydrogen (secondary N) is 1. The van der Waals surface area contributed by atoms with E-state index < -0.39 is 0 Å². The van der Waals surface area contributed by atoms with Gasteiger partial charge in [-0.3, -0.25) is 9.78 Å². The summed E-state index contributed by atoms with van der Waals surface area (Å²) in [5.41, 5.74) is 4.82. The van der Waals surface area contributed by atoms with Crippen LogP contribution in [0.15, 0.2) is 58.3 Å². The van der Waals surface area contributed by atoms with Crippen LogP contribution in [0.4, 0.5) is 0 Å². The highest BCUT2D eigenvalue weighted by molar-refractivity contribution is 5.99. The summed E-state index contributed by atoms with van der Waals surface area (Å²) in [5.74, 6) is -0.0860. The number of benzene rings is 1. The maximum absolute atomic E-state index is 12.1. The first-order valence-corrected chi connectivity index (χ1v) is 6.47. The van der Waals surface area contributed by atoms with Gasteiger partial charge in [0.1, 0.15) is 5.58 Å². The lowest BCUT2D eigenvalue weighted by Gasteiger charge is -1.97. The van der Waals surface area contributed by atoms with Gasteiger partial charge in [-0.05, 0) is 30.7 Å². The number of aryl methyl sites for hydroxylation is 1. The molecule has 0 atom stereocenters. The highest BCUT2D eigenvalue weighted by atomic mass is 16.3. The van der Waals surface area contributed by atoms with E-state index in [0.29, 0.717) is 5.58 Å². The predicted octanol–water partition coefficient (Wildman–Crippen LogP) is 2.90. The van der Waals surface area contributed by atoms with Crippen molar-refractivity contribution in [2.45, 2.75) is 6.92 Å². The van der Waals surface area contributed by atoms with E-state index in [1.807, 2.05) is 31.2 Å². The van der Waals surface area contributed by atoms with E-state index in [4.69, 9.17) is 4.42 Å². The highest BCUT2D eigenvalue weighted by Crippen LogP contribution is 2.24. The van der Waals surface area contributed by atoms with Crippen LogP contribution in [-0.4, -0.2) is 17.1 Å². The van der Waals surface area contributed by atoms with Crippen molar-refractivity contribution in [1.82, 2.24) is 10.4 Å². The van der Waals surface area contributed by atoms with Gasteiger partial charge in [-0.25, -0.2) is 5.43 Å². The zero-order valence-electron chi connectivity index (χ0n) is 11.4. The molecule has 0 fully saturated rings. The van der Waals surface area contributed by atoms with Gasteiger partial charge in [0, 0.05) is 23.3 Å². The molecule has 3 rings (SSSR count). The molecular formula is C16H13N3O2. The average molecular weight is 279 g/mol. The lowest BCUT2D eigenvalue weighted by Crippen LogP contribution is -2.17. The summed E-state index contributed by atoms with van der Waals surface area (Å²) in [6, 6.07) is 11.1. The van der Waals surface area contributed by atoms with Crippen molar-refractivity contribution in [2.75, 3.05) is 0 Å². The Morgan fingerprint density at radius 1 is 1.24 bits per heavy atom. The van der Waals surface area contributed by atoms with Crippen molar-refractivity contribution in [1.29, 1.82) is 0 Å². The zero-order valence-corrected chi connectivity index (χ0v) is 11.4. The first-order chi connectivity index (χ1) is 10.3. The van der Waals surface area contributed by atoms with Crippen LogP contribution in [0.5, 0.6) is 0 Å². The summed E-state index contributed by atoms with van der Waals surface area (Å²) in [6.45, 7) is 1.85. The van der Waals surface area contributed by atoms with Crippen LogP contribution in [0.2, 0.25) is 0 Å². The van der Waals surface area contributed by atoms with Crippen molar-refractivity contribution in [2.24, 2.45) is 5.10 Å². The number of rotatable bonds is 3. The van der Waals surface area contributed by atoms with E-state index in [-0.39, 0.29) is 11.7 Å². The summed E-state index contributed by atoms with van der Waals surface area (Å²) in [4.78, 5) is 16.0. The average Bonchev–Trinajstić information content (AvgIpc) is 2.86. The number of furan rings is 1. The van der Waals surface area contributed by atoms with Gasteiger partial charge in [0.25, 0.3) is 0 Å². The summed E-state index contributed by atoms with van der Waals surface area (Å²) in [7, 11) is 0. The number of carbonyl (C=O) groups excluding carboxylic acids is 1. The van der Waals surface area contributed by atoms with Gasteiger partial charge in [-0.15, -0.1) is 0 Å². The van der Waals surface area contributed by atoms with Gasteiger partial charge in [0.05, 0.1) is 6.21 Å². The van der Waals surface area contributed by atoms with Gasteiger partial charge >= 0.3 is 5.91 Å². The number of hydrazone groups is 1. The number of nitrogens with zero attached hydrogens (tertiary/aromatic N) is 2. The van der Waals surface area contributed by atoms with Crippen LogP contribution in [0.25, 0.3) is 11.0 Å². The van der Waals surface area contributed by atoms with Crippen LogP contribution in [0.1, 0.15) is 21.7 Å². The van der Waals surface area contributed by atoms with E-state index >= 15 is 0 Å². The number of para-hydroxylation sites is 1. The molecule has 0 saturated heterocycles.